The first-order valence-corrected chi connectivity index (χ1v) is 23.6. The first-order valence-electron chi connectivity index (χ1n) is 23.6. The van der Waals surface area contributed by atoms with E-state index in [9.17, 15) is 53.7 Å². The van der Waals surface area contributed by atoms with Crippen molar-refractivity contribution >= 4 is 53.3 Å². The molecule has 1 aromatic rings. The molecular formula is C46H76N10O12. The molecule has 1 aliphatic rings. The van der Waals surface area contributed by atoms with Crippen molar-refractivity contribution in [2.24, 2.45) is 28.1 Å². The van der Waals surface area contributed by atoms with Crippen LogP contribution >= 0.6 is 0 Å². The molecule has 0 saturated carbocycles. The molecule has 0 radical (unpaired) electrons. The molecule has 1 aromatic carbocycles. The highest BCUT2D eigenvalue weighted by molar-refractivity contribution is 5.97. The van der Waals surface area contributed by atoms with Crippen LogP contribution < -0.4 is 49.1 Å². The summed E-state index contributed by atoms with van der Waals surface area (Å²) >= 11 is 0. The SMILES string of the molecule is CC(C)[C@@H]1NC(=O)[C@H](NC(=O)CC(O)CCCCCCCCCCCCN=C(N)N)C(C)OC(=O)[C@@H](C)NC(=O)[C@@H](CCC(N)=O)NC(=O)[C@@H](C(C)O)NC(=O)[C@@H](Cc2ccc(O)cc2)NC1=O. The van der Waals surface area contributed by atoms with Crippen LogP contribution in [0.15, 0.2) is 29.3 Å². The first kappa shape index (κ1) is 58.1. The predicted octanol–water partition coefficient (Wildman–Crippen LogP) is -0.574. The van der Waals surface area contributed by atoms with E-state index in [2.05, 4.69) is 36.9 Å². The molecule has 1 fully saturated rings. The van der Waals surface area contributed by atoms with Crippen molar-refractivity contribution in [1.29, 1.82) is 0 Å². The molecule has 22 nitrogen and oxygen atoms in total. The largest absolute Gasteiger partial charge is 0.508 e. The number of ether oxygens (including phenoxy) is 1. The van der Waals surface area contributed by atoms with Crippen molar-refractivity contribution in [1.82, 2.24) is 31.9 Å². The maximum absolute atomic E-state index is 14.1. The molecule has 0 spiro atoms. The van der Waals surface area contributed by atoms with Crippen molar-refractivity contribution in [2.75, 3.05) is 6.54 Å². The number of esters is 1. The van der Waals surface area contributed by atoms with E-state index in [0.29, 0.717) is 24.9 Å². The Labute approximate surface area is 398 Å². The number of carbonyl (C=O) groups excluding carboxylic acids is 8. The lowest BCUT2D eigenvalue weighted by Gasteiger charge is -2.30. The lowest BCUT2D eigenvalue weighted by atomic mass is 9.99. The highest BCUT2D eigenvalue weighted by Crippen LogP contribution is 2.16. The zero-order valence-electron chi connectivity index (χ0n) is 40.1. The maximum Gasteiger partial charge on any atom is 0.328 e. The molecule has 22 heteroatoms. The number of rotatable bonds is 23. The van der Waals surface area contributed by atoms with Gasteiger partial charge in [-0.1, -0.05) is 83.8 Å². The topological polar surface area (TPSA) is 369 Å². The zero-order valence-corrected chi connectivity index (χ0v) is 40.1. The minimum absolute atomic E-state index is 0.0747. The lowest BCUT2D eigenvalue weighted by molar-refractivity contribution is -0.155. The number of carbonyl (C=O) groups is 8. The lowest BCUT2D eigenvalue weighted by Crippen LogP contribution is -2.62. The van der Waals surface area contributed by atoms with Crippen molar-refractivity contribution in [3.8, 4) is 5.75 Å². The van der Waals surface area contributed by atoms with Crippen molar-refractivity contribution < 1.29 is 58.4 Å². The smallest absolute Gasteiger partial charge is 0.328 e. The van der Waals surface area contributed by atoms with Gasteiger partial charge in [0, 0.05) is 19.4 Å². The summed E-state index contributed by atoms with van der Waals surface area (Å²) in [6.45, 7) is 7.60. The Balaban J connectivity index is 2.33. The monoisotopic (exact) mass is 961 g/mol. The molecule has 1 heterocycles. The van der Waals surface area contributed by atoms with Gasteiger partial charge in [0.25, 0.3) is 0 Å². The summed E-state index contributed by atoms with van der Waals surface area (Å²) in [5.41, 5.74) is 16.5. The molecule has 9 atom stereocenters. The van der Waals surface area contributed by atoms with E-state index in [1.807, 2.05) is 0 Å². The van der Waals surface area contributed by atoms with E-state index < -0.39 is 121 Å². The third-order valence-electron chi connectivity index (χ3n) is 11.4. The fourth-order valence-corrected chi connectivity index (χ4v) is 7.38. The number of unbranched alkanes of at least 4 members (excludes halogenated alkanes) is 9. The number of guanidine groups is 1. The number of aliphatic imine (C=N–C) groups is 1. The number of nitrogens with two attached hydrogens (primary N) is 3. The van der Waals surface area contributed by atoms with E-state index in [4.69, 9.17) is 21.9 Å². The van der Waals surface area contributed by atoms with Gasteiger partial charge in [0.1, 0.15) is 48.1 Å². The van der Waals surface area contributed by atoms with Crippen LogP contribution in [0.1, 0.15) is 130 Å². The molecule has 15 N–H and O–H groups in total. The highest BCUT2D eigenvalue weighted by atomic mass is 16.5. The number of aromatic hydroxyl groups is 1. The minimum Gasteiger partial charge on any atom is -0.508 e. The second-order valence-electron chi connectivity index (χ2n) is 17.9. The molecule has 0 bridgehead atoms. The van der Waals surface area contributed by atoms with E-state index in [1.165, 1.54) is 45.0 Å². The second kappa shape index (κ2) is 30.4. The average Bonchev–Trinajstić information content (AvgIpc) is 3.26. The number of cyclic esters (lactones) is 1. The molecule has 1 saturated heterocycles. The van der Waals surface area contributed by atoms with E-state index in [1.54, 1.807) is 13.8 Å². The number of amides is 7. The molecule has 382 valence electrons. The predicted molar refractivity (Wildman–Crippen MR) is 252 cm³/mol. The number of primary amides is 1. The fraction of sp³-hybridized carbons (Fsp3) is 0.674. The van der Waals surface area contributed by atoms with Crippen LogP contribution in [0, 0.1) is 5.92 Å². The number of hydrogen-bond acceptors (Lipinski definition) is 13. The second-order valence-corrected chi connectivity index (χ2v) is 17.9. The van der Waals surface area contributed by atoms with Crippen LogP contribution in [-0.2, 0) is 49.5 Å². The Morgan fingerprint density at radius 2 is 1.24 bits per heavy atom. The summed E-state index contributed by atoms with van der Waals surface area (Å²) in [6, 6.07) is -3.45. The van der Waals surface area contributed by atoms with Gasteiger partial charge in [0.15, 0.2) is 5.96 Å². The van der Waals surface area contributed by atoms with E-state index in [-0.39, 0.29) is 24.6 Å². The van der Waals surface area contributed by atoms with E-state index in [0.717, 1.165) is 57.8 Å². The molecule has 68 heavy (non-hydrogen) atoms. The fourth-order valence-electron chi connectivity index (χ4n) is 7.38. The summed E-state index contributed by atoms with van der Waals surface area (Å²) in [5, 5.41) is 46.2. The molecule has 1 aliphatic heterocycles. The minimum atomic E-state index is -1.72. The van der Waals surface area contributed by atoms with Gasteiger partial charge >= 0.3 is 5.97 Å². The Morgan fingerprint density at radius 3 is 1.79 bits per heavy atom. The number of nitrogens with one attached hydrogen (secondary N) is 6. The van der Waals surface area contributed by atoms with Crippen LogP contribution in [0.4, 0.5) is 0 Å². The Hall–Kier alpha value is -6.03. The van der Waals surface area contributed by atoms with Crippen LogP contribution in [0.2, 0.25) is 0 Å². The number of aliphatic hydroxyl groups excluding tert-OH is 2. The summed E-state index contributed by atoms with van der Waals surface area (Å²) in [6.07, 6.45) is 4.87. The number of phenolic OH excluding ortho intramolecular Hbond substituents is 1. The van der Waals surface area contributed by atoms with Crippen LogP contribution in [0.3, 0.4) is 0 Å². The third-order valence-corrected chi connectivity index (χ3v) is 11.4. The molecular weight excluding hydrogens is 885 g/mol. The van der Waals surface area contributed by atoms with Crippen molar-refractivity contribution in [3.05, 3.63) is 29.8 Å². The van der Waals surface area contributed by atoms with Crippen LogP contribution in [0.25, 0.3) is 0 Å². The van der Waals surface area contributed by atoms with Gasteiger partial charge in [0.05, 0.1) is 18.6 Å². The Kier molecular flexibility index (Phi) is 25.9. The Bertz CT molecular complexity index is 1840. The van der Waals surface area contributed by atoms with Gasteiger partial charge in [-0.25, -0.2) is 4.79 Å². The number of nitrogens with zero attached hydrogens (tertiary/aromatic N) is 1. The maximum atomic E-state index is 14.1. The number of aliphatic hydroxyl groups is 2. The summed E-state index contributed by atoms with van der Waals surface area (Å²) in [5.74, 6) is -8.06. The number of benzene rings is 1. The summed E-state index contributed by atoms with van der Waals surface area (Å²) in [7, 11) is 0. The molecule has 3 unspecified atom stereocenters. The Morgan fingerprint density at radius 1 is 0.706 bits per heavy atom. The standard InChI is InChI=1S/C46H76N10O12/c1-26(2)37-42(64)53-34(24-30-17-19-31(58)20-18-30)41(63)56-38(28(4)57)43(65)52-33(21-22-35(47)60)40(62)51-27(3)45(67)68-29(5)39(44(66)55-37)54-36(61)25-32(59)16-14-12-10-8-6-7-9-11-13-15-23-50-46(48)49/h17-20,26-29,32-34,37-39,57-59H,6-16,21-25H2,1-5H3,(H2,47,60)(H,51,62)(H,52,65)(H,53,64)(H,54,61)(H,55,66)(H,56,63)(H4,48,49,50)/t27-,28?,29?,32?,33-,34-,37+,38-,39-/m1/s1. The molecule has 0 aliphatic carbocycles. The van der Waals surface area contributed by atoms with Gasteiger partial charge in [-0.05, 0) is 63.6 Å². The highest BCUT2D eigenvalue weighted by Gasteiger charge is 2.38. The van der Waals surface area contributed by atoms with Crippen LogP contribution in [0.5, 0.6) is 5.75 Å². The van der Waals surface area contributed by atoms with Crippen molar-refractivity contribution in [3.63, 3.8) is 0 Å². The van der Waals surface area contributed by atoms with Gasteiger partial charge in [-0.2, -0.15) is 0 Å². The third kappa shape index (κ3) is 22.2. The van der Waals surface area contributed by atoms with E-state index >= 15 is 0 Å². The number of phenols is 1. The number of hydrogen-bond donors (Lipinski definition) is 12. The van der Waals surface area contributed by atoms with Crippen molar-refractivity contribution in [2.45, 2.75) is 185 Å². The first-order chi connectivity index (χ1) is 32.1. The normalized spacial score (nSPS) is 23.2. The quantitative estimate of drug-likeness (QED) is 0.0283. The summed E-state index contributed by atoms with van der Waals surface area (Å²) in [4.78, 5) is 112. The van der Waals surface area contributed by atoms with Gasteiger partial charge in [0.2, 0.25) is 41.4 Å². The molecule has 7 amide bonds. The molecule has 2 rings (SSSR count). The van der Waals surface area contributed by atoms with Gasteiger partial charge in [-0.15, -0.1) is 0 Å². The van der Waals surface area contributed by atoms with Gasteiger partial charge < -0.3 is 69.2 Å². The average molecular weight is 961 g/mol. The van der Waals surface area contributed by atoms with Crippen LogP contribution in [-0.4, -0.2) is 130 Å². The zero-order chi connectivity index (χ0) is 50.9. The molecule has 0 aromatic heterocycles. The summed E-state index contributed by atoms with van der Waals surface area (Å²) < 4.78 is 5.58. The van der Waals surface area contributed by atoms with Gasteiger partial charge in [-0.3, -0.25) is 38.6 Å².